The van der Waals surface area contributed by atoms with Crippen molar-refractivity contribution in [3.63, 3.8) is 0 Å². The van der Waals surface area contributed by atoms with Crippen LogP contribution in [0.1, 0.15) is 34.1 Å². The Kier molecular flexibility index (Phi) is 4.47. The van der Waals surface area contributed by atoms with Gasteiger partial charge in [-0.05, 0) is 27.7 Å². The number of thiol groups is 1. The van der Waals surface area contributed by atoms with Crippen molar-refractivity contribution < 1.29 is 14.3 Å². The van der Waals surface area contributed by atoms with E-state index in [1.165, 1.54) is 6.92 Å². The summed E-state index contributed by atoms with van der Waals surface area (Å²) in [4.78, 5) is 21.9. The zero-order valence-corrected chi connectivity index (χ0v) is 9.35. The summed E-state index contributed by atoms with van der Waals surface area (Å²) in [5.74, 6) is -0.390. The molecule has 3 nitrogen and oxygen atoms in total. The SMILES string of the molecule is CC(=O)CC(C)(C)OC(=O)C(C)S. The Hall–Kier alpha value is -0.510. The maximum absolute atomic E-state index is 11.1. The van der Waals surface area contributed by atoms with Crippen LogP contribution in [0.3, 0.4) is 0 Å². The van der Waals surface area contributed by atoms with E-state index in [1.54, 1.807) is 20.8 Å². The van der Waals surface area contributed by atoms with Crippen LogP contribution in [0.2, 0.25) is 0 Å². The van der Waals surface area contributed by atoms with Crippen molar-refractivity contribution in [2.24, 2.45) is 0 Å². The molecule has 13 heavy (non-hydrogen) atoms. The van der Waals surface area contributed by atoms with Crippen molar-refractivity contribution in [1.29, 1.82) is 0 Å². The summed E-state index contributed by atoms with van der Waals surface area (Å²) in [6, 6.07) is 0. The van der Waals surface area contributed by atoms with Gasteiger partial charge in [-0.2, -0.15) is 12.6 Å². The Balaban J connectivity index is 4.16. The molecule has 76 valence electrons. The van der Waals surface area contributed by atoms with E-state index in [2.05, 4.69) is 12.6 Å². The molecule has 1 unspecified atom stereocenters. The molecule has 0 aliphatic rings. The van der Waals surface area contributed by atoms with Crippen molar-refractivity contribution in [1.82, 2.24) is 0 Å². The van der Waals surface area contributed by atoms with E-state index in [0.717, 1.165) is 0 Å². The molecule has 0 rings (SSSR count). The topological polar surface area (TPSA) is 43.4 Å². The molecule has 0 aromatic heterocycles. The van der Waals surface area contributed by atoms with E-state index >= 15 is 0 Å². The van der Waals surface area contributed by atoms with Gasteiger partial charge < -0.3 is 4.74 Å². The lowest BCUT2D eigenvalue weighted by Crippen LogP contribution is -2.32. The largest absolute Gasteiger partial charge is 0.458 e. The van der Waals surface area contributed by atoms with Crippen molar-refractivity contribution in [3.8, 4) is 0 Å². The van der Waals surface area contributed by atoms with E-state index in [9.17, 15) is 9.59 Å². The molecule has 0 saturated heterocycles. The monoisotopic (exact) mass is 204 g/mol. The Labute approximate surface area is 84.3 Å². The van der Waals surface area contributed by atoms with Gasteiger partial charge in [-0.1, -0.05) is 0 Å². The second kappa shape index (κ2) is 4.65. The van der Waals surface area contributed by atoms with E-state index < -0.39 is 16.8 Å². The van der Waals surface area contributed by atoms with Crippen molar-refractivity contribution in [2.45, 2.75) is 45.0 Å². The molecule has 1 atom stereocenters. The minimum atomic E-state index is -0.722. The highest BCUT2D eigenvalue weighted by molar-refractivity contribution is 7.81. The molecular formula is C9H16O3S. The highest BCUT2D eigenvalue weighted by Crippen LogP contribution is 2.16. The maximum atomic E-state index is 11.1. The van der Waals surface area contributed by atoms with Crippen LogP contribution in [0.4, 0.5) is 0 Å². The fourth-order valence-electron chi connectivity index (χ4n) is 0.993. The number of carbonyl (C=O) groups is 2. The first-order valence-corrected chi connectivity index (χ1v) is 4.66. The first kappa shape index (κ1) is 12.5. The Morgan fingerprint density at radius 3 is 2.23 bits per heavy atom. The predicted octanol–water partition coefficient (Wildman–Crippen LogP) is 1.61. The number of esters is 1. The molecule has 0 radical (unpaired) electrons. The first-order chi connectivity index (χ1) is 5.74. The fraction of sp³-hybridized carbons (Fsp3) is 0.778. The van der Waals surface area contributed by atoms with Crippen LogP contribution < -0.4 is 0 Å². The van der Waals surface area contributed by atoms with Gasteiger partial charge >= 0.3 is 5.97 Å². The molecule has 0 heterocycles. The summed E-state index contributed by atoms with van der Waals surface area (Å²) >= 11 is 3.94. The van der Waals surface area contributed by atoms with Gasteiger partial charge in [0, 0.05) is 6.42 Å². The Morgan fingerprint density at radius 2 is 1.92 bits per heavy atom. The molecule has 0 aromatic rings. The van der Waals surface area contributed by atoms with Crippen molar-refractivity contribution in [3.05, 3.63) is 0 Å². The van der Waals surface area contributed by atoms with Gasteiger partial charge in [0.15, 0.2) is 0 Å². The van der Waals surface area contributed by atoms with E-state index in [1.807, 2.05) is 0 Å². The second-order valence-electron chi connectivity index (χ2n) is 3.74. The fourth-order valence-corrected chi connectivity index (χ4v) is 1.05. The van der Waals surface area contributed by atoms with Crippen LogP contribution in [0.25, 0.3) is 0 Å². The number of hydrogen-bond acceptors (Lipinski definition) is 4. The summed E-state index contributed by atoms with van der Waals surface area (Å²) in [6.45, 7) is 6.53. The average Bonchev–Trinajstić information content (AvgIpc) is 1.81. The van der Waals surface area contributed by atoms with Gasteiger partial charge in [0.1, 0.15) is 11.4 Å². The standard InChI is InChI=1S/C9H16O3S/c1-6(10)5-9(3,4)12-8(11)7(2)13/h7,13H,5H2,1-4H3. The lowest BCUT2D eigenvalue weighted by molar-refractivity contribution is -0.156. The van der Waals surface area contributed by atoms with Gasteiger partial charge in [-0.3, -0.25) is 9.59 Å². The van der Waals surface area contributed by atoms with Crippen LogP contribution in [0, 0.1) is 0 Å². The van der Waals surface area contributed by atoms with Crippen LogP contribution in [0.15, 0.2) is 0 Å². The molecule has 0 bridgehead atoms. The van der Waals surface area contributed by atoms with Crippen LogP contribution in [-0.2, 0) is 14.3 Å². The Morgan fingerprint density at radius 1 is 1.46 bits per heavy atom. The minimum Gasteiger partial charge on any atom is -0.458 e. The highest BCUT2D eigenvalue weighted by atomic mass is 32.1. The lowest BCUT2D eigenvalue weighted by Gasteiger charge is -2.24. The van der Waals surface area contributed by atoms with Crippen LogP contribution in [-0.4, -0.2) is 22.6 Å². The van der Waals surface area contributed by atoms with Gasteiger partial charge in [0.25, 0.3) is 0 Å². The lowest BCUT2D eigenvalue weighted by atomic mass is 10.0. The van der Waals surface area contributed by atoms with E-state index in [-0.39, 0.29) is 12.2 Å². The number of ketones is 1. The molecule has 0 aliphatic heterocycles. The molecule has 0 aliphatic carbocycles. The van der Waals surface area contributed by atoms with Crippen LogP contribution >= 0.6 is 12.6 Å². The predicted molar refractivity (Wildman–Crippen MR) is 53.9 cm³/mol. The quantitative estimate of drug-likeness (QED) is 0.559. The van der Waals surface area contributed by atoms with E-state index in [4.69, 9.17) is 4.74 Å². The van der Waals surface area contributed by atoms with Crippen LogP contribution in [0.5, 0.6) is 0 Å². The van der Waals surface area contributed by atoms with Crippen molar-refractivity contribution >= 4 is 24.4 Å². The third-order valence-electron chi connectivity index (χ3n) is 1.39. The molecular weight excluding hydrogens is 188 g/mol. The molecule has 0 aromatic carbocycles. The zero-order chi connectivity index (χ0) is 10.6. The van der Waals surface area contributed by atoms with Crippen molar-refractivity contribution in [2.75, 3.05) is 0 Å². The molecule has 0 saturated carbocycles. The molecule has 0 N–H and O–H groups in total. The highest BCUT2D eigenvalue weighted by Gasteiger charge is 2.26. The second-order valence-corrected chi connectivity index (χ2v) is 4.51. The number of hydrogen-bond donors (Lipinski definition) is 1. The summed E-state index contributed by atoms with van der Waals surface area (Å²) < 4.78 is 5.07. The number of rotatable bonds is 4. The zero-order valence-electron chi connectivity index (χ0n) is 8.46. The number of ether oxygens (including phenoxy) is 1. The normalized spacial score (nSPS) is 13.6. The maximum Gasteiger partial charge on any atom is 0.319 e. The third-order valence-corrected chi connectivity index (χ3v) is 1.60. The number of Topliss-reactive ketones (excluding diaryl/α,β-unsaturated/α-hetero) is 1. The molecule has 0 amide bonds. The summed E-state index contributed by atoms with van der Waals surface area (Å²) in [5.41, 5.74) is -0.722. The van der Waals surface area contributed by atoms with Gasteiger partial charge in [-0.25, -0.2) is 0 Å². The summed E-state index contributed by atoms with van der Waals surface area (Å²) in [7, 11) is 0. The molecule has 0 spiro atoms. The van der Waals surface area contributed by atoms with Gasteiger partial charge in [0.05, 0.1) is 5.25 Å². The number of carbonyl (C=O) groups excluding carboxylic acids is 2. The molecule has 4 heteroatoms. The minimum absolute atomic E-state index is 0.00428. The average molecular weight is 204 g/mol. The molecule has 0 fully saturated rings. The van der Waals surface area contributed by atoms with Gasteiger partial charge in [-0.15, -0.1) is 0 Å². The summed E-state index contributed by atoms with van der Waals surface area (Å²) in [6.07, 6.45) is 0.235. The van der Waals surface area contributed by atoms with E-state index in [0.29, 0.717) is 0 Å². The Bertz CT molecular complexity index is 209. The first-order valence-electron chi connectivity index (χ1n) is 4.15. The third kappa shape index (κ3) is 5.69. The smallest absolute Gasteiger partial charge is 0.319 e. The van der Waals surface area contributed by atoms with Gasteiger partial charge in [0.2, 0.25) is 0 Å². The summed E-state index contributed by atoms with van der Waals surface area (Å²) in [5, 5.41) is -0.453.